The van der Waals surface area contributed by atoms with Crippen molar-refractivity contribution in [2.45, 2.75) is 43.0 Å². The van der Waals surface area contributed by atoms with Crippen LogP contribution in [-0.4, -0.2) is 12.3 Å². The topological polar surface area (TPSA) is 12.4 Å². The molecule has 0 heterocycles. The molecule has 1 aromatic rings. The van der Waals surface area contributed by atoms with Crippen molar-refractivity contribution in [3.63, 3.8) is 0 Å². The highest BCUT2D eigenvalue weighted by Crippen LogP contribution is 2.20. The molecule has 2 heteroatoms. The van der Waals surface area contributed by atoms with Crippen LogP contribution >= 0.6 is 12.6 Å². The third-order valence-electron chi connectivity index (χ3n) is 2.94. The molecule has 1 nitrogen and oxygen atoms in total. The van der Waals surface area contributed by atoms with E-state index >= 15 is 0 Å². The molecule has 0 bridgehead atoms. The number of rotatable bonds is 2. The first-order valence-corrected chi connectivity index (χ1v) is 6.12. The standard InChI is InChI=1S/C13H17NS/c15-13-9-5-4-6-11(13)10-14-12-7-2-1-3-8-12/h4-6,9-10,12,15H,1-3,7-8H2. The lowest BCUT2D eigenvalue weighted by atomic mass is 9.96. The van der Waals surface area contributed by atoms with E-state index in [-0.39, 0.29) is 0 Å². The molecule has 1 aliphatic carbocycles. The molecule has 0 radical (unpaired) electrons. The van der Waals surface area contributed by atoms with E-state index in [1.807, 2.05) is 24.4 Å². The van der Waals surface area contributed by atoms with Gasteiger partial charge >= 0.3 is 0 Å². The molecular formula is C13H17NS. The van der Waals surface area contributed by atoms with Gasteiger partial charge in [0.2, 0.25) is 0 Å². The lowest BCUT2D eigenvalue weighted by Crippen LogP contribution is -2.09. The summed E-state index contributed by atoms with van der Waals surface area (Å²) in [5, 5.41) is 0. The average Bonchev–Trinajstić information content (AvgIpc) is 2.29. The molecule has 2 rings (SSSR count). The van der Waals surface area contributed by atoms with Crippen molar-refractivity contribution >= 4 is 18.8 Å². The number of aliphatic imine (C=N–C) groups is 1. The van der Waals surface area contributed by atoms with Gasteiger partial charge in [-0.3, -0.25) is 4.99 Å². The van der Waals surface area contributed by atoms with Gasteiger partial charge in [0, 0.05) is 22.7 Å². The van der Waals surface area contributed by atoms with Crippen molar-refractivity contribution in [3.8, 4) is 0 Å². The minimum Gasteiger partial charge on any atom is -0.289 e. The molecule has 80 valence electrons. The van der Waals surface area contributed by atoms with Crippen molar-refractivity contribution in [1.82, 2.24) is 0 Å². The predicted molar refractivity (Wildman–Crippen MR) is 68.2 cm³/mol. The SMILES string of the molecule is Sc1ccccc1C=NC1CCCCC1. The van der Waals surface area contributed by atoms with Crippen LogP contribution in [0.25, 0.3) is 0 Å². The van der Waals surface area contributed by atoms with Gasteiger partial charge < -0.3 is 0 Å². The quantitative estimate of drug-likeness (QED) is 0.575. The fraction of sp³-hybridized carbons (Fsp3) is 0.462. The molecule has 0 aromatic heterocycles. The molecule has 15 heavy (non-hydrogen) atoms. The van der Waals surface area contributed by atoms with Gasteiger partial charge in [-0.05, 0) is 18.9 Å². The molecule has 1 aliphatic rings. The predicted octanol–water partition coefficient (Wildman–Crippen LogP) is 3.73. The largest absolute Gasteiger partial charge is 0.289 e. The van der Waals surface area contributed by atoms with Crippen LogP contribution in [0.4, 0.5) is 0 Å². The third-order valence-corrected chi connectivity index (χ3v) is 3.34. The van der Waals surface area contributed by atoms with Crippen molar-refractivity contribution < 1.29 is 0 Å². The highest BCUT2D eigenvalue weighted by atomic mass is 32.1. The summed E-state index contributed by atoms with van der Waals surface area (Å²) in [6.45, 7) is 0. The first kappa shape index (κ1) is 10.7. The van der Waals surface area contributed by atoms with Crippen LogP contribution in [0.3, 0.4) is 0 Å². The number of thiol groups is 1. The summed E-state index contributed by atoms with van der Waals surface area (Å²) in [6, 6.07) is 8.65. The molecule has 0 spiro atoms. The number of hydrogen-bond acceptors (Lipinski definition) is 2. The second-order valence-corrected chi connectivity index (χ2v) is 4.61. The highest BCUT2D eigenvalue weighted by Gasteiger charge is 2.10. The Balaban J connectivity index is 2.01. The van der Waals surface area contributed by atoms with E-state index in [0.29, 0.717) is 6.04 Å². The maximum atomic E-state index is 4.64. The van der Waals surface area contributed by atoms with Crippen molar-refractivity contribution in [2.24, 2.45) is 4.99 Å². The normalized spacial score (nSPS) is 18.5. The van der Waals surface area contributed by atoms with Crippen LogP contribution in [0.5, 0.6) is 0 Å². The third kappa shape index (κ3) is 3.10. The lowest BCUT2D eigenvalue weighted by Gasteiger charge is -2.17. The summed E-state index contributed by atoms with van der Waals surface area (Å²) >= 11 is 4.40. The van der Waals surface area contributed by atoms with Crippen LogP contribution in [-0.2, 0) is 0 Å². The van der Waals surface area contributed by atoms with Crippen LogP contribution < -0.4 is 0 Å². The Hall–Kier alpha value is -0.760. The molecular weight excluding hydrogens is 202 g/mol. The molecule has 0 amide bonds. The van der Waals surface area contributed by atoms with E-state index in [0.717, 1.165) is 10.5 Å². The number of benzene rings is 1. The number of nitrogens with zero attached hydrogens (tertiary/aromatic N) is 1. The summed E-state index contributed by atoms with van der Waals surface area (Å²) in [5.41, 5.74) is 1.13. The second kappa shape index (κ2) is 5.36. The lowest BCUT2D eigenvalue weighted by molar-refractivity contribution is 0.444. The maximum Gasteiger partial charge on any atom is 0.0499 e. The minimum absolute atomic E-state index is 0.548. The van der Waals surface area contributed by atoms with E-state index in [2.05, 4.69) is 23.7 Å². The molecule has 0 aliphatic heterocycles. The van der Waals surface area contributed by atoms with Gasteiger partial charge in [0.15, 0.2) is 0 Å². The Morgan fingerprint density at radius 1 is 1.13 bits per heavy atom. The summed E-state index contributed by atoms with van der Waals surface area (Å²) in [4.78, 5) is 5.65. The summed E-state index contributed by atoms with van der Waals surface area (Å²) < 4.78 is 0. The van der Waals surface area contributed by atoms with Gasteiger partial charge in [-0.15, -0.1) is 12.6 Å². The van der Waals surface area contributed by atoms with Gasteiger partial charge in [-0.1, -0.05) is 37.5 Å². The summed E-state index contributed by atoms with van der Waals surface area (Å²) in [5.74, 6) is 0. The zero-order valence-corrected chi connectivity index (χ0v) is 9.79. The zero-order valence-electron chi connectivity index (χ0n) is 8.89. The van der Waals surface area contributed by atoms with Crippen molar-refractivity contribution in [2.75, 3.05) is 0 Å². The fourth-order valence-electron chi connectivity index (χ4n) is 2.01. The fourth-order valence-corrected chi connectivity index (χ4v) is 2.23. The number of hydrogen-bond donors (Lipinski definition) is 1. The average molecular weight is 219 g/mol. The smallest absolute Gasteiger partial charge is 0.0499 e. The van der Waals surface area contributed by atoms with Crippen LogP contribution in [0.1, 0.15) is 37.7 Å². The van der Waals surface area contributed by atoms with Gasteiger partial charge in [0.25, 0.3) is 0 Å². The van der Waals surface area contributed by atoms with Gasteiger partial charge in [0.05, 0.1) is 0 Å². The van der Waals surface area contributed by atoms with Gasteiger partial charge in [-0.2, -0.15) is 0 Å². The molecule has 1 aromatic carbocycles. The van der Waals surface area contributed by atoms with Gasteiger partial charge in [0.1, 0.15) is 0 Å². The van der Waals surface area contributed by atoms with Crippen LogP contribution in [0.15, 0.2) is 34.2 Å². The van der Waals surface area contributed by atoms with E-state index < -0.39 is 0 Å². The first-order valence-electron chi connectivity index (χ1n) is 5.67. The Morgan fingerprint density at radius 3 is 2.60 bits per heavy atom. The maximum absolute atomic E-state index is 4.64. The minimum atomic E-state index is 0.548. The monoisotopic (exact) mass is 219 g/mol. The van der Waals surface area contributed by atoms with E-state index in [1.165, 1.54) is 32.1 Å². The molecule has 0 atom stereocenters. The van der Waals surface area contributed by atoms with E-state index in [1.54, 1.807) is 0 Å². The summed E-state index contributed by atoms with van der Waals surface area (Å²) in [6.07, 6.45) is 8.55. The molecule has 0 unspecified atom stereocenters. The van der Waals surface area contributed by atoms with E-state index in [4.69, 9.17) is 0 Å². The summed E-state index contributed by atoms with van der Waals surface area (Å²) in [7, 11) is 0. The first-order chi connectivity index (χ1) is 7.36. The zero-order chi connectivity index (χ0) is 10.5. The molecule has 1 saturated carbocycles. The Kier molecular flexibility index (Phi) is 3.84. The Morgan fingerprint density at radius 2 is 1.87 bits per heavy atom. The molecule has 1 fully saturated rings. The van der Waals surface area contributed by atoms with Crippen LogP contribution in [0.2, 0.25) is 0 Å². The van der Waals surface area contributed by atoms with Gasteiger partial charge in [-0.25, -0.2) is 0 Å². The van der Waals surface area contributed by atoms with E-state index in [9.17, 15) is 0 Å². The van der Waals surface area contributed by atoms with Crippen molar-refractivity contribution in [3.05, 3.63) is 29.8 Å². The van der Waals surface area contributed by atoms with Crippen LogP contribution in [0, 0.1) is 0 Å². The van der Waals surface area contributed by atoms with Crippen molar-refractivity contribution in [1.29, 1.82) is 0 Å². The second-order valence-electron chi connectivity index (χ2n) is 4.13. The Labute approximate surface area is 97.0 Å². The highest BCUT2D eigenvalue weighted by molar-refractivity contribution is 7.80. The molecule has 0 saturated heterocycles. The molecule has 0 N–H and O–H groups in total. The Bertz CT molecular complexity index is 340.